The molecular formula is C15H8Br2N6S. The molecule has 3 aromatic rings. The molecule has 0 fully saturated rings. The minimum atomic E-state index is 0.205. The van der Waals surface area contributed by atoms with E-state index in [1.165, 1.54) is 11.9 Å². The van der Waals surface area contributed by atoms with Gasteiger partial charge in [0, 0.05) is 16.4 Å². The smallest absolute Gasteiger partial charge is 0.186 e. The van der Waals surface area contributed by atoms with Crippen LogP contribution < -0.4 is 4.90 Å². The predicted molar refractivity (Wildman–Crippen MR) is 102 cm³/mol. The van der Waals surface area contributed by atoms with Crippen LogP contribution in [0.1, 0.15) is 0 Å². The van der Waals surface area contributed by atoms with Crippen LogP contribution in [0.3, 0.4) is 0 Å². The van der Waals surface area contributed by atoms with Gasteiger partial charge in [-0.05, 0) is 56.1 Å². The highest BCUT2D eigenvalue weighted by atomic mass is 79.9. The molecule has 9 heteroatoms. The van der Waals surface area contributed by atoms with E-state index in [9.17, 15) is 0 Å². The zero-order valence-electron chi connectivity index (χ0n) is 12.0. The molecule has 0 radical (unpaired) electrons. The quantitative estimate of drug-likeness (QED) is 0.322. The summed E-state index contributed by atoms with van der Waals surface area (Å²) in [7, 11) is 0. The number of para-hydroxylation sites is 1. The van der Waals surface area contributed by atoms with Gasteiger partial charge < -0.3 is 4.90 Å². The molecule has 0 bridgehead atoms. The number of amidine groups is 1. The third-order valence-electron chi connectivity index (χ3n) is 3.57. The van der Waals surface area contributed by atoms with E-state index in [1.807, 2.05) is 41.3 Å². The Morgan fingerprint density at radius 1 is 1.17 bits per heavy atom. The first kappa shape index (κ1) is 15.6. The third kappa shape index (κ3) is 2.51. The molecule has 1 aliphatic heterocycles. The summed E-state index contributed by atoms with van der Waals surface area (Å²) in [5.74, 6) is 0. The van der Waals surface area contributed by atoms with Gasteiger partial charge in [-0.2, -0.15) is 9.66 Å². The summed E-state index contributed by atoms with van der Waals surface area (Å²) < 4.78 is 7.62. The highest BCUT2D eigenvalue weighted by Gasteiger charge is 2.23. The summed E-state index contributed by atoms with van der Waals surface area (Å²) in [6, 6.07) is 13.9. The number of hydrogen-bond donors (Lipinski definition) is 0. The Morgan fingerprint density at radius 3 is 2.83 bits per heavy atom. The van der Waals surface area contributed by atoms with Crippen molar-refractivity contribution in [2.45, 2.75) is 4.90 Å². The Morgan fingerprint density at radius 2 is 2.00 bits per heavy atom. The summed E-state index contributed by atoms with van der Waals surface area (Å²) in [6.45, 7) is 0.205. The molecule has 1 aliphatic rings. The Labute approximate surface area is 158 Å². The summed E-state index contributed by atoms with van der Waals surface area (Å²) >= 11 is 8.39. The van der Waals surface area contributed by atoms with Crippen molar-refractivity contribution < 1.29 is 0 Å². The summed E-state index contributed by atoms with van der Waals surface area (Å²) in [5.41, 5.74) is 3.50. The molecule has 0 atom stereocenters. The van der Waals surface area contributed by atoms with Gasteiger partial charge in [0.05, 0.1) is 27.9 Å². The topological polar surface area (TPSA) is 70.1 Å². The highest BCUT2D eigenvalue weighted by molar-refractivity contribution is 9.18. The van der Waals surface area contributed by atoms with Crippen LogP contribution in [0, 0.1) is 11.3 Å². The van der Waals surface area contributed by atoms with Crippen LogP contribution in [0.25, 0.3) is 16.7 Å². The second kappa shape index (κ2) is 6.20. The van der Waals surface area contributed by atoms with E-state index < -0.39 is 0 Å². The number of anilines is 1. The number of halogens is 2. The number of aromatic nitrogens is 3. The zero-order valence-corrected chi connectivity index (χ0v) is 16.0. The lowest BCUT2D eigenvalue weighted by Crippen LogP contribution is -2.29. The molecule has 6 nitrogen and oxygen atoms in total. The van der Waals surface area contributed by atoms with Crippen LogP contribution in [0.4, 0.5) is 5.69 Å². The Kier molecular flexibility index (Phi) is 4.04. The Balaban J connectivity index is 1.91. The maximum absolute atomic E-state index is 9.10. The molecule has 24 heavy (non-hydrogen) atoms. The fourth-order valence-electron chi connectivity index (χ4n) is 2.48. The van der Waals surface area contributed by atoms with Crippen molar-refractivity contribution in [2.75, 3.05) is 11.4 Å². The van der Waals surface area contributed by atoms with Crippen LogP contribution in [-0.4, -0.2) is 26.3 Å². The first-order valence-corrected chi connectivity index (χ1v) is 9.24. The number of nitriles is 1. The lowest BCUT2D eigenvalue weighted by molar-refractivity contribution is 0.819. The third-order valence-corrected chi connectivity index (χ3v) is 5.83. The molecule has 2 heterocycles. The molecule has 0 N–H and O–H groups in total. The van der Waals surface area contributed by atoms with Gasteiger partial charge in [-0.25, -0.2) is 4.68 Å². The van der Waals surface area contributed by atoms with Crippen molar-refractivity contribution in [1.82, 2.24) is 15.0 Å². The van der Waals surface area contributed by atoms with Crippen molar-refractivity contribution in [1.29, 1.82) is 5.26 Å². The largest absolute Gasteiger partial charge is 0.305 e. The van der Waals surface area contributed by atoms with E-state index in [-0.39, 0.29) is 6.54 Å². The minimum Gasteiger partial charge on any atom is -0.305 e. The average molecular weight is 464 g/mol. The van der Waals surface area contributed by atoms with E-state index in [0.29, 0.717) is 4.74 Å². The second-order valence-electron chi connectivity index (χ2n) is 4.96. The molecule has 0 unspecified atom stereocenters. The molecule has 0 saturated heterocycles. The molecule has 118 valence electrons. The summed E-state index contributed by atoms with van der Waals surface area (Å²) in [5, 5.41) is 17.6. The monoisotopic (exact) mass is 462 g/mol. The number of benzene rings is 2. The molecule has 0 spiro atoms. The van der Waals surface area contributed by atoms with Crippen molar-refractivity contribution >= 4 is 65.3 Å². The van der Waals surface area contributed by atoms with Crippen LogP contribution in [0.15, 0.2) is 50.2 Å². The normalized spacial score (nSPS) is 13.5. The first-order valence-electron chi connectivity index (χ1n) is 6.88. The molecule has 0 aliphatic carbocycles. The fraction of sp³-hybridized carbons (Fsp3) is 0.0667. The second-order valence-corrected chi connectivity index (χ2v) is 7.33. The number of nitrogens with zero attached hydrogens (tertiary/aromatic N) is 6. The predicted octanol–water partition coefficient (Wildman–Crippen LogP) is 4.28. The maximum Gasteiger partial charge on any atom is 0.186 e. The van der Waals surface area contributed by atoms with Crippen LogP contribution in [-0.2, 0) is 0 Å². The van der Waals surface area contributed by atoms with E-state index in [0.717, 1.165) is 31.8 Å². The minimum absolute atomic E-state index is 0.205. The summed E-state index contributed by atoms with van der Waals surface area (Å²) in [4.78, 5) is 2.79. The van der Waals surface area contributed by atoms with Gasteiger partial charge in [-0.15, -0.1) is 5.10 Å². The van der Waals surface area contributed by atoms with Gasteiger partial charge in [-0.1, -0.05) is 17.3 Å². The maximum atomic E-state index is 9.10. The number of fused-ring (bicyclic) bond motifs is 2. The number of rotatable bonds is 2. The Bertz CT molecular complexity index is 1020. The van der Waals surface area contributed by atoms with Gasteiger partial charge in [0.25, 0.3) is 0 Å². The van der Waals surface area contributed by atoms with Crippen LogP contribution in [0.5, 0.6) is 0 Å². The van der Waals surface area contributed by atoms with Gasteiger partial charge in [-0.3, -0.25) is 0 Å². The van der Waals surface area contributed by atoms with Crippen molar-refractivity contribution in [3.63, 3.8) is 0 Å². The first-order chi connectivity index (χ1) is 11.7. The molecule has 0 amide bonds. The zero-order chi connectivity index (χ0) is 16.7. The fourth-order valence-corrected chi connectivity index (χ4v) is 4.38. The molecule has 4 rings (SSSR count). The lowest BCUT2D eigenvalue weighted by atomic mass is 10.2. The Hall–Kier alpha value is -1.89. The standard InChI is InChI=1S/C15H8Br2N6S/c16-9-7-14-13(22(6-5-18)15(17)20-24-14)8-12(9)23-11-4-2-1-3-10(11)19-21-23/h1-4,7-8H,6H2. The van der Waals surface area contributed by atoms with E-state index in [2.05, 4.69) is 52.6 Å². The van der Waals surface area contributed by atoms with Gasteiger partial charge >= 0.3 is 0 Å². The highest BCUT2D eigenvalue weighted by Crippen LogP contribution is 2.41. The van der Waals surface area contributed by atoms with Gasteiger partial charge in [0.2, 0.25) is 0 Å². The molecule has 2 aromatic carbocycles. The van der Waals surface area contributed by atoms with Crippen molar-refractivity contribution in [3.8, 4) is 11.8 Å². The van der Waals surface area contributed by atoms with Crippen molar-refractivity contribution in [2.24, 2.45) is 4.40 Å². The van der Waals surface area contributed by atoms with Crippen LogP contribution >= 0.6 is 43.8 Å². The SMILES string of the molecule is N#CCN1C(Br)=NSc2cc(Br)c(-n3nnc4ccccc43)cc21. The summed E-state index contributed by atoms with van der Waals surface area (Å²) in [6.07, 6.45) is 0. The molecular weight excluding hydrogens is 456 g/mol. The lowest BCUT2D eigenvalue weighted by Gasteiger charge is -2.26. The van der Waals surface area contributed by atoms with Crippen molar-refractivity contribution in [3.05, 3.63) is 40.9 Å². The van der Waals surface area contributed by atoms with E-state index in [1.54, 1.807) is 4.68 Å². The van der Waals surface area contributed by atoms with Gasteiger partial charge in [0.15, 0.2) is 4.74 Å². The van der Waals surface area contributed by atoms with E-state index >= 15 is 0 Å². The average Bonchev–Trinajstić information content (AvgIpc) is 3.01. The van der Waals surface area contributed by atoms with Crippen LogP contribution in [0.2, 0.25) is 0 Å². The van der Waals surface area contributed by atoms with Gasteiger partial charge in [0.1, 0.15) is 12.1 Å². The van der Waals surface area contributed by atoms with E-state index in [4.69, 9.17) is 5.26 Å². The molecule has 1 aromatic heterocycles. The molecule has 0 saturated carbocycles. The number of hydrogen-bond acceptors (Lipinski definition) is 6.